The third-order valence-corrected chi connectivity index (χ3v) is 6.49. The first kappa shape index (κ1) is 22.7. The van der Waals surface area contributed by atoms with Crippen molar-refractivity contribution < 1.29 is 14.3 Å². The zero-order valence-corrected chi connectivity index (χ0v) is 18.6. The summed E-state index contributed by atoms with van der Waals surface area (Å²) in [6, 6.07) is 6.93. The summed E-state index contributed by atoms with van der Waals surface area (Å²) in [5.74, 6) is 0.310. The van der Waals surface area contributed by atoms with E-state index in [2.05, 4.69) is 30.0 Å². The highest BCUT2D eigenvalue weighted by Crippen LogP contribution is 2.25. The van der Waals surface area contributed by atoms with Crippen molar-refractivity contribution in [3.8, 4) is 0 Å². The third-order valence-electron chi connectivity index (χ3n) is 6.20. The normalized spacial score (nSPS) is 18.6. The summed E-state index contributed by atoms with van der Waals surface area (Å²) < 4.78 is 13.4. The van der Waals surface area contributed by atoms with E-state index >= 15 is 0 Å². The molecule has 2 N–H and O–H groups in total. The second kappa shape index (κ2) is 10.4. The molecule has 0 spiro atoms. The van der Waals surface area contributed by atoms with Crippen LogP contribution in [0.3, 0.4) is 0 Å². The van der Waals surface area contributed by atoms with Crippen molar-refractivity contribution >= 4 is 34.9 Å². The van der Waals surface area contributed by atoms with Gasteiger partial charge in [-0.3, -0.25) is 9.69 Å². The van der Waals surface area contributed by atoms with Crippen LogP contribution in [-0.4, -0.2) is 82.7 Å². The molecule has 1 aromatic heterocycles. The molecule has 32 heavy (non-hydrogen) atoms. The van der Waals surface area contributed by atoms with E-state index in [9.17, 15) is 9.18 Å². The van der Waals surface area contributed by atoms with E-state index in [-0.39, 0.29) is 11.4 Å². The van der Waals surface area contributed by atoms with Gasteiger partial charge >= 0.3 is 5.97 Å². The molecule has 0 amide bonds. The molecule has 0 bridgehead atoms. The van der Waals surface area contributed by atoms with Crippen molar-refractivity contribution in [1.29, 1.82) is 0 Å². The van der Waals surface area contributed by atoms with Gasteiger partial charge in [0.25, 0.3) is 0 Å². The fourth-order valence-corrected chi connectivity index (χ4v) is 4.57. The minimum atomic E-state index is -0.729. The number of hydrogen-bond donors (Lipinski definition) is 2. The first-order valence-electron chi connectivity index (χ1n) is 11.0. The molecule has 3 heterocycles. The molecule has 4 rings (SSSR count). The van der Waals surface area contributed by atoms with Crippen molar-refractivity contribution in [3.05, 3.63) is 41.4 Å². The number of benzene rings is 1. The van der Waals surface area contributed by atoms with Crippen molar-refractivity contribution in [3.63, 3.8) is 0 Å². The van der Waals surface area contributed by atoms with E-state index in [1.165, 1.54) is 18.5 Å². The molecule has 2 aliphatic heterocycles. The number of piperazine rings is 1. The number of likely N-dealkylation sites (tertiary alicyclic amines) is 1. The lowest BCUT2D eigenvalue weighted by molar-refractivity contribution is -0.137. The van der Waals surface area contributed by atoms with E-state index in [0.717, 1.165) is 57.9 Å². The van der Waals surface area contributed by atoms with Crippen molar-refractivity contribution in [2.24, 2.45) is 0 Å². The Morgan fingerprint density at radius 3 is 2.56 bits per heavy atom. The van der Waals surface area contributed by atoms with Crippen LogP contribution in [0.15, 0.2) is 30.6 Å². The SMILES string of the molecule is O=C(O)CCN1CCC(N2CCN(c3cc(Nc4ccc(F)c(Cl)c4)ncn3)CC2)CC1. The number of nitrogens with one attached hydrogen (secondary N) is 1. The molecule has 172 valence electrons. The molecular formula is C22H28ClFN6O2. The number of hydrogen-bond acceptors (Lipinski definition) is 7. The maximum atomic E-state index is 13.4. The highest BCUT2D eigenvalue weighted by atomic mass is 35.5. The van der Waals surface area contributed by atoms with Gasteiger partial charge in [0.2, 0.25) is 0 Å². The quantitative estimate of drug-likeness (QED) is 0.649. The molecule has 8 nitrogen and oxygen atoms in total. The van der Waals surface area contributed by atoms with Gasteiger partial charge in [-0.1, -0.05) is 11.6 Å². The molecular weight excluding hydrogens is 435 g/mol. The van der Waals surface area contributed by atoms with Crippen LogP contribution in [0.1, 0.15) is 19.3 Å². The van der Waals surface area contributed by atoms with Gasteiger partial charge in [0.15, 0.2) is 0 Å². The number of halogens is 2. The van der Waals surface area contributed by atoms with Gasteiger partial charge in [-0.05, 0) is 44.1 Å². The minimum Gasteiger partial charge on any atom is -0.481 e. The molecule has 10 heteroatoms. The predicted octanol–water partition coefficient (Wildman–Crippen LogP) is 3.07. The molecule has 0 saturated carbocycles. The Morgan fingerprint density at radius 2 is 1.88 bits per heavy atom. The monoisotopic (exact) mass is 462 g/mol. The maximum Gasteiger partial charge on any atom is 0.304 e. The number of rotatable bonds is 7. The van der Waals surface area contributed by atoms with Crippen LogP contribution in [0, 0.1) is 5.82 Å². The predicted molar refractivity (Wildman–Crippen MR) is 122 cm³/mol. The standard InChI is InChI=1S/C22H28ClFN6O2/c23-18-13-16(1-2-19(18)24)27-20-14-21(26-15-25-20)30-11-9-29(10-12-30)17-3-6-28(7-4-17)8-5-22(31)32/h1-2,13-15,17H,3-12H2,(H,31,32)(H,25,26,27). The summed E-state index contributed by atoms with van der Waals surface area (Å²) in [5.41, 5.74) is 0.667. The van der Waals surface area contributed by atoms with E-state index in [1.807, 2.05) is 6.07 Å². The zero-order valence-electron chi connectivity index (χ0n) is 17.9. The Balaban J connectivity index is 1.28. The van der Waals surface area contributed by atoms with Crippen LogP contribution >= 0.6 is 11.6 Å². The summed E-state index contributed by atoms with van der Waals surface area (Å²) in [5, 5.41) is 12.1. The molecule has 2 aliphatic rings. The average molecular weight is 463 g/mol. The molecule has 0 radical (unpaired) electrons. The molecule has 2 aromatic rings. The van der Waals surface area contributed by atoms with Crippen LogP contribution in [0.5, 0.6) is 0 Å². The number of anilines is 3. The van der Waals surface area contributed by atoms with Crippen molar-refractivity contribution in [2.45, 2.75) is 25.3 Å². The van der Waals surface area contributed by atoms with E-state index in [1.54, 1.807) is 6.07 Å². The molecule has 0 unspecified atom stereocenters. The van der Waals surface area contributed by atoms with Gasteiger partial charge in [0.05, 0.1) is 11.4 Å². The highest BCUT2D eigenvalue weighted by molar-refractivity contribution is 6.31. The second-order valence-electron chi connectivity index (χ2n) is 8.25. The third kappa shape index (κ3) is 5.85. The van der Waals surface area contributed by atoms with Crippen LogP contribution in [-0.2, 0) is 4.79 Å². The Kier molecular flexibility index (Phi) is 7.39. The maximum absolute atomic E-state index is 13.4. The Morgan fingerprint density at radius 1 is 1.12 bits per heavy atom. The molecule has 0 aliphatic carbocycles. The number of carbonyl (C=O) groups is 1. The Hall–Kier alpha value is -2.49. The largest absolute Gasteiger partial charge is 0.481 e. The first-order chi connectivity index (χ1) is 15.5. The van der Waals surface area contributed by atoms with Crippen molar-refractivity contribution in [2.75, 3.05) is 56.0 Å². The lowest BCUT2D eigenvalue weighted by Crippen LogP contribution is -2.53. The van der Waals surface area contributed by atoms with Crippen LogP contribution in [0.2, 0.25) is 5.02 Å². The van der Waals surface area contributed by atoms with Crippen LogP contribution in [0.25, 0.3) is 0 Å². The summed E-state index contributed by atoms with van der Waals surface area (Å²) in [6.45, 7) is 6.29. The number of carboxylic acid groups (broad SMARTS) is 1. The van der Waals surface area contributed by atoms with Gasteiger partial charge in [0, 0.05) is 50.5 Å². The summed E-state index contributed by atoms with van der Waals surface area (Å²) in [6.07, 6.45) is 3.91. The topological polar surface area (TPSA) is 84.8 Å². The fraction of sp³-hybridized carbons (Fsp3) is 0.500. The second-order valence-corrected chi connectivity index (χ2v) is 8.66. The van der Waals surface area contributed by atoms with E-state index < -0.39 is 11.8 Å². The van der Waals surface area contributed by atoms with E-state index in [4.69, 9.17) is 16.7 Å². The molecule has 2 fully saturated rings. The summed E-state index contributed by atoms with van der Waals surface area (Å²) in [7, 11) is 0. The van der Waals surface area contributed by atoms with Gasteiger partial charge in [-0.15, -0.1) is 0 Å². The zero-order chi connectivity index (χ0) is 22.5. The average Bonchev–Trinajstić information content (AvgIpc) is 2.81. The smallest absolute Gasteiger partial charge is 0.304 e. The highest BCUT2D eigenvalue weighted by Gasteiger charge is 2.28. The van der Waals surface area contributed by atoms with Gasteiger partial charge in [-0.2, -0.15) is 0 Å². The van der Waals surface area contributed by atoms with Gasteiger partial charge in [0.1, 0.15) is 23.8 Å². The fourth-order valence-electron chi connectivity index (χ4n) is 4.39. The lowest BCUT2D eigenvalue weighted by atomic mass is 10.0. The number of piperidine rings is 1. The molecule has 2 saturated heterocycles. The van der Waals surface area contributed by atoms with Crippen molar-refractivity contribution in [1.82, 2.24) is 19.8 Å². The van der Waals surface area contributed by atoms with Gasteiger partial charge < -0.3 is 20.2 Å². The number of nitrogens with zero attached hydrogens (tertiary/aromatic N) is 5. The number of aliphatic carboxylic acids is 1. The minimum absolute atomic E-state index is 0.0631. The number of carboxylic acids is 1. The summed E-state index contributed by atoms with van der Waals surface area (Å²) >= 11 is 5.86. The van der Waals surface area contributed by atoms with Crippen LogP contribution in [0.4, 0.5) is 21.7 Å². The number of aromatic nitrogens is 2. The first-order valence-corrected chi connectivity index (χ1v) is 11.3. The Bertz CT molecular complexity index is 932. The Labute approximate surface area is 192 Å². The van der Waals surface area contributed by atoms with Gasteiger partial charge in [-0.25, -0.2) is 14.4 Å². The van der Waals surface area contributed by atoms with Crippen LogP contribution < -0.4 is 10.2 Å². The molecule has 0 atom stereocenters. The summed E-state index contributed by atoms with van der Waals surface area (Å²) in [4.78, 5) is 26.5. The van der Waals surface area contributed by atoms with E-state index in [0.29, 0.717) is 24.1 Å². The molecule has 1 aromatic carbocycles. The lowest BCUT2D eigenvalue weighted by Gasteiger charge is -2.43.